The molecule has 0 radical (unpaired) electrons. The number of anilines is 2. The summed E-state index contributed by atoms with van der Waals surface area (Å²) in [6, 6.07) is 2.22. The number of aromatic nitrogens is 4. The lowest BCUT2D eigenvalue weighted by molar-refractivity contribution is 0.244. The summed E-state index contributed by atoms with van der Waals surface area (Å²) in [5, 5.41) is 21.0. The van der Waals surface area contributed by atoms with Gasteiger partial charge in [-0.05, 0) is 12.8 Å². The number of nitriles is 1. The maximum atomic E-state index is 9.27. The zero-order valence-corrected chi connectivity index (χ0v) is 12.7. The minimum absolute atomic E-state index is 0.109. The smallest absolute Gasteiger partial charge is 0.224 e. The summed E-state index contributed by atoms with van der Waals surface area (Å²) in [7, 11) is 0. The molecule has 3 rings (SSSR count). The van der Waals surface area contributed by atoms with E-state index in [9.17, 15) is 5.11 Å². The topological polar surface area (TPSA) is 126 Å². The van der Waals surface area contributed by atoms with Gasteiger partial charge in [-0.2, -0.15) is 15.2 Å². The first-order valence-corrected chi connectivity index (χ1v) is 7.63. The third-order valence-electron chi connectivity index (χ3n) is 3.94. The molecule has 23 heavy (non-hydrogen) atoms. The van der Waals surface area contributed by atoms with Gasteiger partial charge in [0.2, 0.25) is 5.95 Å². The molecule has 4 N–H and O–H groups in total. The van der Waals surface area contributed by atoms with Crippen LogP contribution in [0.2, 0.25) is 0 Å². The zero-order valence-electron chi connectivity index (χ0n) is 12.7. The molecular formula is C15H19N7O. The Morgan fingerprint density at radius 3 is 3.04 bits per heavy atom. The van der Waals surface area contributed by atoms with Gasteiger partial charge in [-0.1, -0.05) is 12.2 Å². The second-order valence-corrected chi connectivity index (χ2v) is 5.57. The Bertz CT molecular complexity index is 761. The second-order valence-electron chi connectivity index (χ2n) is 5.57. The number of nitrogens with zero attached hydrogens (tertiary/aromatic N) is 5. The average Bonchev–Trinajstić information content (AvgIpc) is 3.17. The molecule has 0 unspecified atom stereocenters. The van der Waals surface area contributed by atoms with E-state index in [-0.39, 0.29) is 24.5 Å². The fourth-order valence-corrected chi connectivity index (χ4v) is 2.77. The van der Waals surface area contributed by atoms with Gasteiger partial charge in [0.25, 0.3) is 0 Å². The van der Waals surface area contributed by atoms with Crippen molar-refractivity contribution in [2.24, 2.45) is 5.92 Å². The van der Waals surface area contributed by atoms with E-state index in [2.05, 4.69) is 32.4 Å². The Morgan fingerprint density at radius 1 is 1.43 bits per heavy atom. The van der Waals surface area contributed by atoms with E-state index in [1.54, 1.807) is 6.33 Å². The van der Waals surface area contributed by atoms with Crippen LogP contribution in [-0.2, 0) is 0 Å². The van der Waals surface area contributed by atoms with Crippen LogP contribution in [0.4, 0.5) is 11.8 Å². The van der Waals surface area contributed by atoms with Gasteiger partial charge in [-0.15, -0.1) is 0 Å². The second kappa shape index (κ2) is 6.62. The van der Waals surface area contributed by atoms with Crippen molar-refractivity contribution < 1.29 is 5.11 Å². The van der Waals surface area contributed by atoms with Crippen LogP contribution in [-0.4, -0.2) is 37.8 Å². The Hall–Kier alpha value is -2.66. The highest BCUT2D eigenvalue weighted by Crippen LogP contribution is 2.31. The predicted octanol–water partition coefficient (Wildman–Crippen LogP) is 1.23. The Kier molecular flexibility index (Phi) is 4.39. The number of imidazole rings is 1. The highest BCUT2D eigenvalue weighted by molar-refractivity contribution is 5.84. The number of rotatable bonds is 6. The van der Waals surface area contributed by atoms with E-state index in [1.807, 2.05) is 10.6 Å². The summed E-state index contributed by atoms with van der Waals surface area (Å²) in [5.74, 6) is 0.938. The van der Waals surface area contributed by atoms with Crippen molar-refractivity contribution in [3.63, 3.8) is 0 Å². The van der Waals surface area contributed by atoms with Crippen molar-refractivity contribution >= 4 is 22.9 Å². The molecule has 0 amide bonds. The number of allylic oxidation sites excluding steroid dienone is 1. The quantitative estimate of drug-likeness (QED) is 0.541. The molecule has 2 aromatic heterocycles. The molecule has 8 nitrogen and oxygen atoms in total. The summed E-state index contributed by atoms with van der Waals surface area (Å²) in [5.41, 5.74) is 7.16. The van der Waals surface area contributed by atoms with Crippen molar-refractivity contribution in [2.75, 3.05) is 24.2 Å². The van der Waals surface area contributed by atoms with Crippen LogP contribution in [0.25, 0.3) is 11.2 Å². The summed E-state index contributed by atoms with van der Waals surface area (Å²) in [4.78, 5) is 12.9. The van der Waals surface area contributed by atoms with Gasteiger partial charge < -0.3 is 20.7 Å². The maximum Gasteiger partial charge on any atom is 0.224 e. The van der Waals surface area contributed by atoms with Gasteiger partial charge in [0, 0.05) is 25.5 Å². The van der Waals surface area contributed by atoms with E-state index >= 15 is 0 Å². The summed E-state index contributed by atoms with van der Waals surface area (Å²) in [6.07, 6.45) is 7.83. The first-order chi connectivity index (χ1) is 11.2. The van der Waals surface area contributed by atoms with Crippen LogP contribution in [0.3, 0.4) is 0 Å². The lowest BCUT2D eigenvalue weighted by Gasteiger charge is -2.13. The molecule has 120 valence electrons. The van der Waals surface area contributed by atoms with E-state index < -0.39 is 0 Å². The maximum absolute atomic E-state index is 9.27. The van der Waals surface area contributed by atoms with E-state index in [0.29, 0.717) is 29.9 Å². The van der Waals surface area contributed by atoms with Crippen LogP contribution < -0.4 is 11.1 Å². The molecule has 0 fully saturated rings. The predicted molar refractivity (Wildman–Crippen MR) is 86.4 cm³/mol. The molecule has 0 aromatic carbocycles. The molecule has 1 aliphatic carbocycles. The first-order valence-electron chi connectivity index (χ1n) is 7.63. The molecule has 0 bridgehead atoms. The summed E-state index contributed by atoms with van der Waals surface area (Å²) in [6.45, 7) is 0.768. The van der Waals surface area contributed by atoms with Crippen molar-refractivity contribution in [1.29, 1.82) is 5.26 Å². The van der Waals surface area contributed by atoms with Crippen LogP contribution in [0, 0.1) is 17.2 Å². The largest absolute Gasteiger partial charge is 0.396 e. The van der Waals surface area contributed by atoms with Gasteiger partial charge in [0.15, 0.2) is 17.0 Å². The molecule has 0 spiro atoms. The number of aliphatic hydroxyl groups excluding tert-OH is 1. The van der Waals surface area contributed by atoms with Crippen molar-refractivity contribution in [1.82, 2.24) is 19.5 Å². The van der Waals surface area contributed by atoms with Crippen molar-refractivity contribution in [2.45, 2.75) is 25.3 Å². The van der Waals surface area contributed by atoms with Crippen molar-refractivity contribution in [3.8, 4) is 6.07 Å². The number of hydrogen-bond acceptors (Lipinski definition) is 7. The number of hydrogen-bond donors (Lipinski definition) is 3. The number of nitrogens with two attached hydrogens (primary N) is 1. The average molecular weight is 313 g/mol. The summed E-state index contributed by atoms with van der Waals surface area (Å²) >= 11 is 0. The number of nitrogen functional groups attached to an aromatic ring is 1. The molecule has 2 heterocycles. The number of fused-ring (bicyclic) bond motifs is 1. The van der Waals surface area contributed by atoms with Gasteiger partial charge in [-0.3, -0.25) is 0 Å². The third-order valence-corrected chi connectivity index (χ3v) is 3.94. The Morgan fingerprint density at radius 2 is 2.30 bits per heavy atom. The molecular weight excluding hydrogens is 294 g/mol. The fourth-order valence-electron chi connectivity index (χ4n) is 2.77. The zero-order chi connectivity index (χ0) is 16.2. The van der Waals surface area contributed by atoms with Gasteiger partial charge in [0.05, 0.1) is 18.4 Å². The Balaban J connectivity index is 1.87. The van der Waals surface area contributed by atoms with Crippen LogP contribution in [0.1, 0.15) is 25.3 Å². The molecule has 0 saturated carbocycles. The molecule has 2 aromatic rings. The highest BCUT2D eigenvalue weighted by atomic mass is 16.3. The minimum Gasteiger partial charge on any atom is -0.396 e. The monoisotopic (exact) mass is 313 g/mol. The Labute approximate surface area is 133 Å². The molecule has 2 atom stereocenters. The fraction of sp³-hybridized carbons (Fsp3) is 0.467. The van der Waals surface area contributed by atoms with Crippen LogP contribution >= 0.6 is 0 Å². The lowest BCUT2D eigenvalue weighted by atomic mass is 10.1. The minimum atomic E-state index is 0.109. The normalized spacial score (nSPS) is 20.0. The first kappa shape index (κ1) is 15.2. The van der Waals surface area contributed by atoms with Crippen LogP contribution in [0.15, 0.2) is 18.5 Å². The summed E-state index contributed by atoms with van der Waals surface area (Å²) < 4.78 is 1.96. The standard InChI is InChI=1S/C15H19N7O/c16-5-1-2-6-18-13-12-14(21-15(17)20-13)22(9-19-12)11-4-3-10(7-11)8-23/h3-4,9-11,23H,1-2,6-8H2,(H3,17,18,20,21)/t10-,11+/m1/s1. The molecule has 1 aliphatic rings. The van der Waals surface area contributed by atoms with Gasteiger partial charge >= 0.3 is 0 Å². The third kappa shape index (κ3) is 3.10. The van der Waals surface area contributed by atoms with Crippen LogP contribution in [0.5, 0.6) is 0 Å². The molecule has 0 aliphatic heterocycles. The highest BCUT2D eigenvalue weighted by Gasteiger charge is 2.22. The van der Waals surface area contributed by atoms with Gasteiger partial charge in [0.1, 0.15) is 0 Å². The van der Waals surface area contributed by atoms with E-state index in [0.717, 1.165) is 12.8 Å². The SMILES string of the molecule is N#CCCCNc1nc(N)nc2c1ncn2[C@H]1C=C[C@@H](CO)C1. The van der Waals surface area contributed by atoms with Gasteiger partial charge in [-0.25, -0.2) is 4.98 Å². The number of nitrogens with one attached hydrogen (secondary N) is 1. The lowest BCUT2D eigenvalue weighted by Crippen LogP contribution is -2.10. The van der Waals surface area contributed by atoms with E-state index in [1.165, 1.54) is 0 Å². The van der Waals surface area contributed by atoms with E-state index in [4.69, 9.17) is 11.0 Å². The molecule has 0 saturated heterocycles. The number of aliphatic hydroxyl groups is 1. The number of unbranched alkanes of at least 4 members (excludes halogenated alkanes) is 1. The van der Waals surface area contributed by atoms with Crippen molar-refractivity contribution in [3.05, 3.63) is 18.5 Å². The molecule has 8 heteroatoms.